The van der Waals surface area contributed by atoms with Gasteiger partial charge in [-0.05, 0) is 122 Å². The van der Waals surface area contributed by atoms with Crippen molar-refractivity contribution in [1.29, 1.82) is 0 Å². The van der Waals surface area contributed by atoms with Gasteiger partial charge in [0, 0.05) is 13.2 Å². The van der Waals surface area contributed by atoms with E-state index < -0.39 is 23.6 Å². The Morgan fingerprint density at radius 3 is 1.16 bits per heavy atom. The Kier molecular flexibility index (Phi) is 11.0. The lowest BCUT2D eigenvalue weighted by atomic mass is 9.97. The molecule has 10 nitrogen and oxygen atoms in total. The highest BCUT2D eigenvalue weighted by Gasteiger charge is 2.38. The summed E-state index contributed by atoms with van der Waals surface area (Å²) < 4.78 is 11.6. The third-order valence-corrected chi connectivity index (χ3v) is 8.94. The minimum absolute atomic E-state index is 0.195. The van der Waals surface area contributed by atoms with Crippen LogP contribution in [0.25, 0.3) is 11.1 Å². The number of aliphatic hydroxyl groups excluding tert-OH is 2. The van der Waals surface area contributed by atoms with Crippen molar-refractivity contribution in [2.75, 3.05) is 36.2 Å². The molecule has 2 aliphatic rings. The van der Waals surface area contributed by atoms with Crippen molar-refractivity contribution in [3.63, 3.8) is 0 Å². The highest BCUT2D eigenvalue weighted by atomic mass is 16.5. The Hall–Kier alpha value is -5.32. The smallest absolute Gasteiger partial charge is 0.266 e. The quantitative estimate of drug-likeness (QED) is 0.0920. The van der Waals surface area contributed by atoms with Gasteiger partial charge in [-0.1, -0.05) is 25.0 Å². The van der Waals surface area contributed by atoms with Gasteiger partial charge in [-0.15, -0.1) is 0 Å². The van der Waals surface area contributed by atoms with Crippen molar-refractivity contribution in [2.24, 2.45) is 0 Å². The number of carbonyl (C=O) groups excluding carboxylic acids is 4. The molecule has 0 saturated carbocycles. The highest BCUT2D eigenvalue weighted by Crippen LogP contribution is 2.36. The lowest BCUT2D eigenvalue weighted by molar-refractivity contribution is 0.0910. The Labute approximate surface area is 290 Å². The number of amides is 4. The van der Waals surface area contributed by atoms with Crippen molar-refractivity contribution in [3.8, 4) is 22.6 Å². The number of rotatable bonds is 17. The molecule has 0 bridgehead atoms. The minimum atomic E-state index is -0.447. The predicted molar refractivity (Wildman–Crippen MR) is 189 cm³/mol. The summed E-state index contributed by atoms with van der Waals surface area (Å²) in [6, 6.07) is 23.7. The van der Waals surface area contributed by atoms with E-state index >= 15 is 0 Å². The molecule has 0 atom stereocenters. The molecule has 4 aromatic carbocycles. The third kappa shape index (κ3) is 7.31. The van der Waals surface area contributed by atoms with E-state index in [1.807, 2.05) is 0 Å². The van der Waals surface area contributed by atoms with Crippen LogP contribution in [0.1, 0.15) is 92.8 Å². The van der Waals surface area contributed by atoms with E-state index in [4.69, 9.17) is 19.7 Å². The maximum absolute atomic E-state index is 13.5. The Morgan fingerprint density at radius 1 is 0.420 bits per heavy atom. The number of carbonyl (C=O) groups is 4. The Bertz CT molecular complexity index is 1730. The van der Waals surface area contributed by atoms with Crippen LogP contribution in [0.2, 0.25) is 0 Å². The van der Waals surface area contributed by atoms with E-state index in [9.17, 15) is 19.2 Å². The lowest BCUT2D eigenvalue weighted by Gasteiger charge is -2.14. The first-order chi connectivity index (χ1) is 24.4. The van der Waals surface area contributed by atoms with Crippen molar-refractivity contribution in [3.05, 3.63) is 107 Å². The van der Waals surface area contributed by atoms with Gasteiger partial charge >= 0.3 is 0 Å². The fraction of sp³-hybridized carbons (Fsp3) is 0.300. The van der Waals surface area contributed by atoms with E-state index in [1.54, 1.807) is 84.9 Å². The van der Waals surface area contributed by atoms with Gasteiger partial charge in [0.1, 0.15) is 11.5 Å². The van der Waals surface area contributed by atoms with Gasteiger partial charge in [0.2, 0.25) is 0 Å². The van der Waals surface area contributed by atoms with Gasteiger partial charge in [0.15, 0.2) is 0 Å². The average Bonchev–Trinajstić information content (AvgIpc) is 3.54. The summed E-state index contributed by atoms with van der Waals surface area (Å²) in [4.78, 5) is 56.0. The van der Waals surface area contributed by atoms with Crippen LogP contribution < -0.4 is 19.3 Å². The number of benzene rings is 4. The van der Waals surface area contributed by atoms with Crippen LogP contribution in [0.3, 0.4) is 0 Å². The molecule has 4 amide bonds. The van der Waals surface area contributed by atoms with E-state index in [1.165, 1.54) is 0 Å². The second-order valence-corrected chi connectivity index (χ2v) is 12.4. The molecule has 2 aliphatic heterocycles. The molecule has 0 radical (unpaired) electrons. The Morgan fingerprint density at radius 2 is 0.780 bits per heavy atom. The van der Waals surface area contributed by atoms with Gasteiger partial charge in [0.05, 0.1) is 46.8 Å². The van der Waals surface area contributed by atoms with Crippen LogP contribution in [0, 0.1) is 0 Å². The summed E-state index contributed by atoms with van der Waals surface area (Å²) in [7, 11) is 0. The lowest BCUT2D eigenvalue weighted by Crippen LogP contribution is -2.29. The molecule has 0 fully saturated rings. The predicted octanol–water partition coefficient (Wildman–Crippen LogP) is 6.82. The second-order valence-electron chi connectivity index (χ2n) is 12.4. The first kappa shape index (κ1) is 34.5. The zero-order chi connectivity index (χ0) is 35.0. The fourth-order valence-electron chi connectivity index (χ4n) is 6.21. The van der Waals surface area contributed by atoms with Crippen molar-refractivity contribution >= 4 is 35.0 Å². The Balaban J connectivity index is 1.12. The summed E-state index contributed by atoms with van der Waals surface area (Å²) in [5, 5.41) is 17.8. The number of hydrogen-bond acceptors (Lipinski definition) is 8. The summed E-state index contributed by atoms with van der Waals surface area (Å²) >= 11 is 0. The van der Waals surface area contributed by atoms with Gasteiger partial charge in [-0.25, -0.2) is 9.80 Å². The molecule has 0 aromatic heterocycles. The third-order valence-electron chi connectivity index (χ3n) is 8.94. The van der Waals surface area contributed by atoms with Crippen LogP contribution in [-0.2, 0) is 0 Å². The number of aliphatic hydroxyl groups is 2. The summed E-state index contributed by atoms with van der Waals surface area (Å²) in [6.45, 7) is 1.47. The number of anilines is 2. The molecule has 50 heavy (non-hydrogen) atoms. The molecular weight excluding hydrogens is 636 g/mol. The van der Waals surface area contributed by atoms with Crippen molar-refractivity contribution in [1.82, 2.24) is 0 Å². The van der Waals surface area contributed by atoms with Gasteiger partial charge in [0.25, 0.3) is 23.6 Å². The van der Waals surface area contributed by atoms with Crippen LogP contribution in [0.4, 0.5) is 11.4 Å². The maximum Gasteiger partial charge on any atom is 0.266 e. The number of unbranched alkanes of at least 4 members (excludes halogenated alkanes) is 6. The van der Waals surface area contributed by atoms with Crippen LogP contribution >= 0.6 is 0 Å². The van der Waals surface area contributed by atoms with E-state index in [2.05, 4.69) is 0 Å². The summed E-state index contributed by atoms with van der Waals surface area (Å²) in [5.41, 5.74) is 3.22. The second kappa shape index (κ2) is 15.9. The molecule has 2 heterocycles. The normalized spacial score (nSPS) is 13.6. The van der Waals surface area contributed by atoms with Crippen LogP contribution in [-0.4, -0.2) is 60.3 Å². The van der Waals surface area contributed by atoms with Crippen molar-refractivity contribution < 1.29 is 38.9 Å². The zero-order valence-corrected chi connectivity index (χ0v) is 27.8. The van der Waals surface area contributed by atoms with Gasteiger partial charge in [-0.3, -0.25) is 19.2 Å². The maximum atomic E-state index is 13.5. The zero-order valence-electron chi connectivity index (χ0n) is 27.8. The van der Waals surface area contributed by atoms with Gasteiger partial charge in [-0.2, -0.15) is 0 Å². The molecule has 10 heteroatoms. The molecule has 0 spiro atoms. The standard InChI is InChI=1S/C40H40N2O8/c43-21-5-1-3-7-23-49-31-15-11-29(12-16-31)41-37(45)33-19-9-27(25-35(33)39(41)47)28-10-20-34-36(26-28)40(48)42(38(34)46)30-13-17-32(18-14-30)50-24-8-4-2-6-22-44/h9-20,25-26,43-44H,1-8,21-24H2. The first-order valence-corrected chi connectivity index (χ1v) is 17.1. The molecule has 0 aliphatic carbocycles. The van der Waals surface area contributed by atoms with Crippen LogP contribution in [0.5, 0.6) is 11.5 Å². The molecular formula is C40H40N2O8. The molecule has 4 aromatic rings. The van der Waals surface area contributed by atoms with E-state index in [0.29, 0.717) is 47.2 Å². The number of nitrogens with zero attached hydrogens (tertiary/aromatic N) is 2. The molecule has 2 N–H and O–H groups in total. The van der Waals surface area contributed by atoms with Gasteiger partial charge < -0.3 is 19.7 Å². The topological polar surface area (TPSA) is 134 Å². The number of hydrogen-bond donors (Lipinski definition) is 2. The minimum Gasteiger partial charge on any atom is -0.494 e. The SMILES string of the molecule is O=C1c2ccc(-c3ccc4c(c3)C(=O)N(c3ccc(OCCCCCCO)cc3)C4=O)cc2C(=O)N1c1ccc(OCCCCCCO)cc1. The number of imide groups is 2. The molecule has 0 saturated heterocycles. The summed E-state index contributed by atoms with van der Waals surface area (Å²) in [5.74, 6) is -0.459. The van der Waals surface area contributed by atoms with E-state index in [0.717, 1.165) is 61.2 Å². The monoisotopic (exact) mass is 676 g/mol. The first-order valence-electron chi connectivity index (χ1n) is 17.1. The van der Waals surface area contributed by atoms with Crippen molar-refractivity contribution in [2.45, 2.75) is 51.4 Å². The average molecular weight is 677 g/mol. The number of fused-ring (bicyclic) bond motifs is 2. The highest BCUT2D eigenvalue weighted by molar-refractivity contribution is 6.35. The summed E-state index contributed by atoms with van der Waals surface area (Å²) in [6.07, 6.45) is 7.13. The number of ether oxygens (including phenoxy) is 2. The molecule has 6 rings (SSSR count). The molecule has 0 unspecified atom stereocenters. The molecule has 258 valence electrons. The largest absolute Gasteiger partial charge is 0.494 e. The van der Waals surface area contributed by atoms with Crippen LogP contribution in [0.15, 0.2) is 84.9 Å². The van der Waals surface area contributed by atoms with E-state index in [-0.39, 0.29) is 35.5 Å². The fourth-order valence-corrected chi connectivity index (χ4v) is 6.21.